The third kappa shape index (κ3) is 6.48. The number of halogens is 1. The van der Waals surface area contributed by atoms with E-state index >= 15 is 4.39 Å². The van der Waals surface area contributed by atoms with Crippen LogP contribution in [0.25, 0.3) is 0 Å². The zero-order valence-corrected chi connectivity index (χ0v) is 21.0. The molecule has 0 amide bonds. The van der Waals surface area contributed by atoms with Gasteiger partial charge in [-0.1, -0.05) is 18.2 Å². The first-order valence-corrected chi connectivity index (χ1v) is 12.7. The van der Waals surface area contributed by atoms with E-state index in [1.807, 2.05) is 4.98 Å². The van der Waals surface area contributed by atoms with Crippen LogP contribution in [0.3, 0.4) is 0 Å². The Bertz CT molecular complexity index is 1220. The molecule has 198 valence electrons. The number of nitrogens with zero attached hydrogens (tertiary/aromatic N) is 1. The third-order valence-electron chi connectivity index (χ3n) is 5.26. The number of aliphatic hydroxyl groups excluding tert-OH is 1. The Morgan fingerprint density at radius 1 is 1.28 bits per heavy atom. The van der Waals surface area contributed by atoms with Crippen LogP contribution in [0, 0.1) is 0 Å². The number of aliphatic hydroxyl groups is 1. The van der Waals surface area contributed by atoms with E-state index in [0.717, 1.165) is 23.8 Å². The van der Waals surface area contributed by atoms with Gasteiger partial charge in [0.2, 0.25) is 0 Å². The highest BCUT2D eigenvalue weighted by Crippen LogP contribution is 2.47. The van der Waals surface area contributed by atoms with Crippen LogP contribution in [-0.2, 0) is 23.4 Å². The van der Waals surface area contributed by atoms with Crippen molar-refractivity contribution in [3.8, 4) is 5.75 Å². The van der Waals surface area contributed by atoms with E-state index < -0.39 is 67.8 Å². The maximum absolute atomic E-state index is 15.4. The molecule has 6 atom stereocenters. The molecule has 3 N–H and O–H groups in total. The molecule has 1 fully saturated rings. The van der Waals surface area contributed by atoms with Crippen molar-refractivity contribution in [1.29, 1.82) is 0 Å². The van der Waals surface area contributed by atoms with Crippen LogP contribution < -0.4 is 20.9 Å². The normalized spacial score (nSPS) is 26.4. The standard InChI is InChI=1S/C22H29FN3O9P/c1-13(2)33-19(29)14(3)25-36(31,35-15-8-6-5-7-9-15)32-12-16-18(28)22(4,23)20(34-16)26-11-10-17(27)24-21(26)30/h5-11,13-14,16,18,20,28H,12H2,1-4H3,(H,25,31)(H,24,27,30)/t14-,16+,18?,20-,22?,36?/m1/s1. The van der Waals surface area contributed by atoms with Crippen LogP contribution >= 0.6 is 7.75 Å². The van der Waals surface area contributed by atoms with Crippen molar-refractivity contribution in [3.05, 3.63) is 63.4 Å². The van der Waals surface area contributed by atoms with Gasteiger partial charge in [-0.05, 0) is 39.8 Å². The maximum atomic E-state index is 15.4. The molecule has 1 aliphatic heterocycles. The van der Waals surface area contributed by atoms with Crippen molar-refractivity contribution in [2.24, 2.45) is 0 Å². The van der Waals surface area contributed by atoms with Crippen LogP contribution in [0.2, 0.25) is 0 Å². The van der Waals surface area contributed by atoms with Crippen LogP contribution in [0.1, 0.15) is 33.9 Å². The van der Waals surface area contributed by atoms with E-state index in [1.54, 1.807) is 32.0 Å². The number of aromatic amines is 1. The molecule has 12 nitrogen and oxygen atoms in total. The Morgan fingerprint density at radius 2 is 1.94 bits per heavy atom. The summed E-state index contributed by atoms with van der Waals surface area (Å²) in [7, 11) is -4.30. The Kier molecular flexibility index (Phi) is 8.52. The number of rotatable bonds is 10. The lowest BCUT2D eigenvalue weighted by molar-refractivity contribution is -0.149. The number of carbonyl (C=O) groups excluding carboxylic acids is 1. The highest BCUT2D eigenvalue weighted by molar-refractivity contribution is 7.52. The number of alkyl halides is 1. The average Bonchev–Trinajstić information content (AvgIpc) is 3.01. The van der Waals surface area contributed by atoms with E-state index in [-0.39, 0.29) is 5.75 Å². The summed E-state index contributed by atoms with van der Waals surface area (Å²) in [5, 5.41) is 13.0. The predicted octanol–water partition coefficient (Wildman–Crippen LogP) is 1.66. The fourth-order valence-electron chi connectivity index (χ4n) is 3.47. The third-order valence-corrected chi connectivity index (χ3v) is 6.90. The summed E-state index contributed by atoms with van der Waals surface area (Å²) in [6, 6.07) is 7.86. The van der Waals surface area contributed by atoms with Crippen molar-refractivity contribution in [1.82, 2.24) is 14.6 Å². The van der Waals surface area contributed by atoms with Gasteiger partial charge in [0.05, 0.1) is 12.7 Å². The smallest absolute Gasteiger partial charge is 0.459 e. The second kappa shape index (κ2) is 11.1. The number of carbonyl (C=O) groups is 1. The molecule has 14 heteroatoms. The first-order valence-electron chi connectivity index (χ1n) is 11.1. The molecule has 2 heterocycles. The SMILES string of the molecule is CC(C)OC(=O)[C@@H](C)NP(=O)(OC[C@@H]1O[C@@H](n2ccc(=O)[nH]c2=O)C(C)(F)C1O)Oc1ccccc1. The van der Waals surface area contributed by atoms with Crippen LogP contribution in [0.15, 0.2) is 52.2 Å². The van der Waals surface area contributed by atoms with Crippen LogP contribution in [-0.4, -0.2) is 57.3 Å². The molecule has 0 aliphatic carbocycles. The summed E-state index contributed by atoms with van der Waals surface area (Å²) in [5.41, 5.74) is -4.12. The van der Waals surface area contributed by atoms with Crippen LogP contribution in [0.5, 0.6) is 5.75 Å². The maximum Gasteiger partial charge on any atom is 0.459 e. The number of hydrogen-bond acceptors (Lipinski definition) is 9. The van der Waals surface area contributed by atoms with Crippen molar-refractivity contribution in [2.75, 3.05) is 6.61 Å². The Morgan fingerprint density at radius 3 is 2.56 bits per heavy atom. The number of hydrogen-bond donors (Lipinski definition) is 3. The molecule has 0 radical (unpaired) electrons. The second-order valence-corrected chi connectivity index (χ2v) is 10.4. The quantitative estimate of drug-likeness (QED) is 0.305. The van der Waals surface area contributed by atoms with E-state index in [4.69, 9.17) is 18.5 Å². The monoisotopic (exact) mass is 529 g/mol. The van der Waals surface area contributed by atoms with E-state index in [0.29, 0.717) is 0 Å². The van der Waals surface area contributed by atoms with Gasteiger partial charge < -0.3 is 19.1 Å². The zero-order chi connectivity index (χ0) is 26.7. The Hall–Kier alpha value is -2.83. The van der Waals surface area contributed by atoms with Gasteiger partial charge in [0.15, 0.2) is 11.9 Å². The summed E-state index contributed by atoms with van der Waals surface area (Å²) >= 11 is 0. The van der Waals surface area contributed by atoms with E-state index in [1.165, 1.54) is 19.1 Å². The van der Waals surface area contributed by atoms with Gasteiger partial charge in [-0.15, -0.1) is 0 Å². The van der Waals surface area contributed by atoms with Gasteiger partial charge in [0.1, 0.15) is 24.0 Å². The lowest BCUT2D eigenvalue weighted by atomic mass is 9.98. The second-order valence-electron chi connectivity index (χ2n) is 8.67. The topological polar surface area (TPSA) is 158 Å². The number of nitrogens with one attached hydrogen (secondary N) is 2. The Labute approximate surface area is 205 Å². The van der Waals surface area contributed by atoms with Crippen molar-refractivity contribution < 1.29 is 37.4 Å². The minimum absolute atomic E-state index is 0.152. The predicted molar refractivity (Wildman–Crippen MR) is 125 cm³/mol. The summed E-state index contributed by atoms with van der Waals surface area (Å²) in [4.78, 5) is 37.7. The molecule has 1 aliphatic rings. The number of ether oxygens (including phenoxy) is 2. The van der Waals surface area contributed by atoms with E-state index in [2.05, 4.69) is 5.09 Å². The molecule has 1 aromatic carbocycles. The number of benzene rings is 1. The van der Waals surface area contributed by atoms with Gasteiger partial charge in [-0.2, -0.15) is 5.09 Å². The highest BCUT2D eigenvalue weighted by Gasteiger charge is 2.55. The number of para-hydroxylation sites is 1. The fourth-order valence-corrected chi connectivity index (χ4v) is 4.97. The molecule has 3 rings (SSSR count). The molecule has 0 spiro atoms. The molecule has 36 heavy (non-hydrogen) atoms. The summed E-state index contributed by atoms with van der Waals surface area (Å²) in [5.74, 6) is -0.560. The van der Waals surface area contributed by atoms with Crippen molar-refractivity contribution >= 4 is 13.7 Å². The molecule has 3 unspecified atom stereocenters. The summed E-state index contributed by atoms with van der Waals surface area (Å²) in [6.45, 7) is 5.07. The van der Waals surface area contributed by atoms with Gasteiger partial charge in [-0.25, -0.2) is 13.8 Å². The average molecular weight is 529 g/mol. The molecule has 0 bridgehead atoms. The minimum atomic E-state index is -4.30. The lowest BCUT2D eigenvalue weighted by Crippen LogP contribution is -2.43. The van der Waals surface area contributed by atoms with Crippen LogP contribution in [0.4, 0.5) is 4.39 Å². The highest BCUT2D eigenvalue weighted by atomic mass is 31.2. The van der Waals surface area contributed by atoms with Gasteiger partial charge in [-0.3, -0.25) is 23.7 Å². The fraction of sp³-hybridized carbons (Fsp3) is 0.500. The molecular formula is C22H29FN3O9P. The number of esters is 1. The number of aromatic nitrogens is 2. The van der Waals surface area contributed by atoms with Gasteiger partial charge >= 0.3 is 19.4 Å². The number of H-pyrrole nitrogens is 1. The van der Waals surface area contributed by atoms with Crippen molar-refractivity contribution in [3.63, 3.8) is 0 Å². The molecular weight excluding hydrogens is 500 g/mol. The molecule has 1 saturated heterocycles. The summed E-state index contributed by atoms with van der Waals surface area (Å²) in [6.07, 6.45) is -4.21. The molecule has 1 aromatic heterocycles. The Balaban J connectivity index is 1.80. The molecule has 2 aromatic rings. The van der Waals surface area contributed by atoms with Gasteiger partial charge in [0.25, 0.3) is 5.56 Å². The van der Waals surface area contributed by atoms with Crippen molar-refractivity contribution in [2.45, 2.75) is 63.9 Å². The minimum Gasteiger partial charge on any atom is -0.462 e. The zero-order valence-electron chi connectivity index (χ0n) is 20.1. The molecule has 0 saturated carbocycles. The first kappa shape index (κ1) is 27.8. The lowest BCUT2D eigenvalue weighted by Gasteiger charge is -2.25. The first-order chi connectivity index (χ1) is 16.8. The largest absolute Gasteiger partial charge is 0.462 e. The van der Waals surface area contributed by atoms with E-state index in [9.17, 15) is 24.1 Å². The van der Waals surface area contributed by atoms with Gasteiger partial charge in [0, 0.05) is 12.3 Å². The summed E-state index contributed by atoms with van der Waals surface area (Å²) < 4.78 is 51.4.